The van der Waals surface area contributed by atoms with Crippen molar-refractivity contribution in [2.24, 2.45) is 5.92 Å². The molecule has 8 heteroatoms. The number of aliphatic carboxylic acids is 1. The Morgan fingerprint density at radius 2 is 1.91 bits per heavy atom. The lowest BCUT2D eigenvalue weighted by molar-refractivity contribution is -0.149. The largest absolute Gasteiger partial charge is 0.480 e. The van der Waals surface area contributed by atoms with Crippen LogP contribution in [-0.2, 0) is 19.1 Å². The van der Waals surface area contributed by atoms with Crippen LogP contribution in [-0.4, -0.2) is 66.4 Å². The summed E-state index contributed by atoms with van der Waals surface area (Å²) in [7, 11) is 1.29. The zero-order valence-electron chi connectivity index (χ0n) is 13.4. The third kappa shape index (κ3) is 6.30. The minimum atomic E-state index is -0.985. The van der Waals surface area contributed by atoms with Crippen molar-refractivity contribution < 1.29 is 29.0 Å². The van der Waals surface area contributed by atoms with Crippen LogP contribution in [0.4, 0.5) is 4.79 Å². The number of hydrogen-bond donors (Lipinski definition) is 2. The van der Waals surface area contributed by atoms with Gasteiger partial charge in [-0.1, -0.05) is 0 Å². The number of ether oxygens (including phenoxy) is 2. The van der Waals surface area contributed by atoms with Crippen molar-refractivity contribution in [3.8, 4) is 0 Å². The zero-order chi connectivity index (χ0) is 16.9. The van der Waals surface area contributed by atoms with E-state index in [1.54, 1.807) is 25.7 Å². The predicted octanol–water partition coefficient (Wildman–Crippen LogP) is 0.459. The van der Waals surface area contributed by atoms with Crippen molar-refractivity contribution >= 4 is 18.0 Å². The van der Waals surface area contributed by atoms with Crippen molar-refractivity contribution in [2.75, 3.05) is 26.7 Å². The van der Waals surface area contributed by atoms with E-state index in [4.69, 9.17) is 14.6 Å². The van der Waals surface area contributed by atoms with Gasteiger partial charge in [-0.25, -0.2) is 4.79 Å². The summed E-state index contributed by atoms with van der Waals surface area (Å²) in [6.07, 6.45) is -0.194. The molecule has 2 atom stereocenters. The molecule has 0 radical (unpaired) electrons. The molecular formula is C14H24N2O6. The lowest BCUT2D eigenvalue weighted by atomic mass is 9.94. The smallest absolute Gasteiger partial charge is 0.407 e. The summed E-state index contributed by atoms with van der Waals surface area (Å²) in [5.41, 5.74) is -0.624. The van der Waals surface area contributed by atoms with E-state index in [0.29, 0.717) is 19.5 Å². The molecule has 0 saturated carbocycles. The van der Waals surface area contributed by atoms with E-state index in [9.17, 15) is 14.4 Å². The summed E-state index contributed by atoms with van der Waals surface area (Å²) >= 11 is 0. The lowest BCUT2D eigenvalue weighted by Crippen LogP contribution is -2.54. The van der Waals surface area contributed by atoms with E-state index in [1.807, 2.05) is 0 Å². The number of carboxylic acid groups (broad SMARTS) is 1. The topological polar surface area (TPSA) is 105 Å². The number of carboxylic acids is 1. The van der Waals surface area contributed by atoms with Gasteiger partial charge >= 0.3 is 18.0 Å². The van der Waals surface area contributed by atoms with Crippen molar-refractivity contribution in [3.05, 3.63) is 0 Å². The Morgan fingerprint density at radius 1 is 1.27 bits per heavy atom. The highest BCUT2D eigenvalue weighted by atomic mass is 16.6. The number of nitrogens with one attached hydrogen (secondary N) is 1. The Hall–Kier alpha value is -1.83. The number of rotatable bonds is 4. The van der Waals surface area contributed by atoms with E-state index >= 15 is 0 Å². The molecule has 1 fully saturated rings. The Bertz CT molecular complexity index is 432. The Kier molecular flexibility index (Phi) is 6.16. The molecule has 1 aliphatic rings. The maximum absolute atomic E-state index is 11.8. The van der Waals surface area contributed by atoms with E-state index in [0.717, 1.165) is 0 Å². The second kappa shape index (κ2) is 7.44. The molecule has 8 nitrogen and oxygen atoms in total. The first-order valence-corrected chi connectivity index (χ1v) is 7.12. The molecule has 22 heavy (non-hydrogen) atoms. The van der Waals surface area contributed by atoms with Crippen LogP contribution in [0.25, 0.3) is 0 Å². The van der Waals surface area contributed by atoms with Crippen LogP contribution in [0.3, 0.4) is 0 Å². The number of alkyl carbamates (subject to hydrolysis) is 1. The molecule has 0 bridgehead atoms. The van der Waals surface area contributed by atoms with Crippen LogP contribution in [0.2, 0.25) is 0 Å². The standard InChI is InChI=1S/C14H24N2O6/c1-14(2,3)22-13(20)15-10-5-9(12(19)21-4)6-16(7-10)8-11(17)18/h9-10H,5-8H2,1-4H3,(H,15,20)(H,17,18). The fourth-order valence-corrected chi connectivity index (χ4v) is 2.43. The number of methoxy groups -OCH3 is 1. The second-order valence-electron chi connectivity index (χ2n) is 6.39. The molecule has 0 aliphatic carbocycles. The number of amides is 1. The molecule has 1 saturated heterocycles. The number of piperidine rings is 1. The first-order chi connectivity index (χ1) is 10.1. The summed E-state index contributed by atoms with van der Waals surface area (Å²) in [5.74, 6) is -1.87. The molecule has 1 heterocycles. The number of carbonyl (C=O) groups excluding carboxylic acids is 2. The monoisotopic (exact) mass is 316 g/mol. The first kappa shape index (κ1) is 18.2. The fraction of sp³-hybridized carbons (Fsp3) is 0.786. The van der Waals surface area contributed by atoms with Crippen LogP contribution in [0.15, 0.2) is 0 Å². The number of nitrogens with zero attached hydrogens (tertiary/aromatic N) is 1. The summed E-state index contributed by atoms with van der Waals surface area (Å²) in [4.78, 5) is 36.0. The van der Waals surface area contributed by atoms with Gasteiger partial charge in [-0.2, -0.15) is 0 Å². The van der Waals surface area contributed by atoms with Crippen molar-refractivity contribution in [2.45, 2.75) is 38.8 Å². The quantitative estimate of drug-likeness (QED) is 0.726. The average Bonchev–Trinajstić information content (AvgIpc) is 2.34. The maximum Gasteiger partial charge on any atom is 0.407 e. The third-order valence-corrected chi connectivity index (χ3v) is 3.14. The van der Waals surface area contributed by atoms with Crippen molar-refractivity contribution in [3.63, 3.8) is 0 Å². The van der Waals surface area contributed by atoms with Crippen LogP contribution in [0.5, 0.6) is 0 Å². The molecule has 0 aromatic rings. The van der Waals surface area contributed by atoms with E-state index in [2.05, 4.69) is 5.32 Å². The summed E-state index contributed by atoms with van der Waals surface area (Å²) in [5, 5.41) is 11.6. The molecule has 126 valence electrons. The molecule has 0 aromatic heterocycles. The molecule has 2 N–H and O–H groups in total. The lowest BCUT2D eigenvalue weighted by Gasteiger charge is -2.36. The highest BCUT2D eigenvalue weighted by Crippen LogP contribution is 2.19. The minimum absolute atomic E-state index is 0.194. The fourth-order valence-electron chi connectivity index (χ4n) is 2.43. The van der Waals surface area contributed by atoms with Gasteiger partial charge < -0.3 is 19.9 Å². The molecule has 0 aromatic carbocycles. The highest BCUT2D eigenvalue weighted by molar-refractivity contribution is 5.74. The van der Waals surface area contributed by atoms with Gasteiger partial charge in [0.15, 0.2) is 0 Å². The molecular weight excluding hydrogens is 292 g/mol. The molecule has 1 rings (SSSR count). The van der Waals surface area contributed by atoms with Gasteiger partial charge in [0.2, 0.25) is 0 Å². The second-order valence-corrected chi connectivity index (χ2v) is 6.39. The van der Waals surface area contributed by atoms with Gasteiger partial charge in [-0.3, -0.25) is 14.5 Å². The van der Waals surface area contributed by atoms with Crippen molar-refractivity contribution in [1.82, 2.24) is 10.2 Å². The third-order valence-electron chi connectivity index (χ3n) is 3.14. The average molecular weight is 316 g/mol. The molecule has 1 amide bonds. The highest BCUT2D eigenvalue weighted by Gasteiger charge is 2.34. The SMILES string of the molecule is COC(=O)C1CC(NC(=O)OC(C)(C)C)CN(CC(=O)O)C1. The molecule has 2 unspecified atom stereocenters. The zero-order valence-corrected chi connectivity index (χ0v) is 13.4. The molecule has 0 spiro atoms. The maximum atomic E-state index is 11.8. The first-order valence-electron chi connectivity index (χ1n) is 7.12. The minimum Gasteiger partial charge on any atom is -0.480 e. The van der Waals surface area contributed by atoms with Gasteiger partial charge in [-0.15, -0.1) is 0 Å². The van der Waals surface area contributed by atoms with E-state index in [-0.39, 0.29) is 12.6 Å². The van der Waals surface area contributed by atoms with Crippen LogP contribution in [0.1, 0.15) is 27.2 Å². The number of esters is 1. The Morgan fingerprint density at radius 3 is 2.41 bits per heavy atom. The normalized spacial score (nSPS) is 22.7. The Balaban J connectivity index is 2.69. The van der Waals surface area contributed by atoms with Gasteiger partial charge in [0.05, 0.1) is 19.6 Å². The van der Waals surface area contributed by atoms with Gasteiger partial charge in [0.25, 0.3) is 0 Å². The summed E-state index contributed by atoms with van der Waals surface area (Å²) < 4.78 is 9.90. The van der Waals surface area contributed by atoms with Crippen LogP contribution < -0.4 is 5.32 Å². The Labute approximate surface area is 129 Å². The predicted molar refractivity (Wildman–Crippen MR) is 77.4 cm³/mol. The number of likely N-dealkylation sites (tertiary alicyclic amines) is 1. The number of carbonyl (C=O) groups is 3. The van der Waals surface area contributed by atoms with E-state index < -0.39 is 29.6 Å². The van der Waals surface area contributed by atoms with E-state index in [1.165, 1.54) is 7.11 Å². The summed E-state index contributed by atoms with van der Waals surface area (Å²) in [6, 6.07) is -0.368. The van der Waals surface area contributed by atoms with Gasteiger partial charge in [0.1, 0.15) is 5.60 Å². The van der Waals surface area contributed by atoms with Crippen LogP contribution in [0, 0.1) is 5.92 Å². The van der Waals surface area contributed by atoms with Crippen molar-refractivity contribution in [1.29, 1.82) is 0 Å². The molecule has 1 aliphatic heterocycles. The van der Waals surface area contributed by atoms with Crippen LogP contribution >= 0.6 is 0 Å². The van der Waals surface area contributed by atoms with Gasteiger partial charge in [-0.05, 0) is 27.2 Å². The summed E-state index contributed by atoms with van der Waals surface area (Å²) in [6.45, 7) is 5.70. The van der Waals surface area contributed by atoms with Gasteiger partial charge in [0, 0.05) is 19.1 Å². The number of hydrogen-bond acceptors (Lipinski definition) is 6.